The molecule has 0 radical (unpaired) electrons. The predicted molar refractivity (Wildman–Crippen MR) is 220 cm³/mol. The third-order valence-electron chi connectivity index (χ3n) is 16.1. The van der Waals surface area contributed by atoms with E-state index in [0.717, 1.165) is 19.3 Å². The maximum atomic E-state index is 15.0. The molecule has 0 aromatic heterocycles. The molecule has 328 valence electrons. The highest BCUT2D eigenvalue weighted by Gasteiger charge is 2.69. The summed E-state index contributed by atoms with van der Waals surface area (Å²) in [6.45, 7) is 20.7. The first kappa shape index (κ1) is 45.6. The fourth-order valence-corrected chi connectivity index (χ4v) is 12.0. The lowest BCUT2D eigenvalue weighted by Crippen LogP contribution is -2.65. The van der Waals surface area contributed by atoms with Gasteiger partial charge in [-0.25, -0.2) is 0 Å². The number of ether oxygens (including phenoxy) is 6. The van der Waals surface area contributed by atoms with Gasteiger partial charge in [-0.05, 0) is 95.5 Å². The number of nitrogens with one attached hydrogen (secondary N) is 1. The van der Waals surface area contributed by atoms with Crippen LogP contribution in [0.15, 0.2) is 12.2 Å². The van der Waals surface area contributed by atoms with E-state index >= 15 is 0 Å². The van der Waals surface area contributed by atoms with Crippen LogP contribution in [0.5, 0.6) is 0 Å². The molecular formula is C47H75NO10. The Kier molecular flexibility index (Phi) is 13.5. The molecule has 0 aromatic carbocycles. The fourth-order valence-electron chi connectivity index (χ4n) is 12.0. The molecule has 6 rings (SSSR count). The summed E-state index contributed by atoms with van der Waals surface area (Å²) in [5, 5.41) is 26.6. The molecule has 3 N–H and O–H groups in total. The lowest BCUT2D eigenvalue weighted by Gasteiger charge is -2.55. The Bertz CT molecular complexity index is 1570. The summed E-state index contributed by atoms with van der Waals surface area (Å²) >= 11 is 0. The Balaban J connectivity index is 1.23. The van der Waals surface area contributed by atoms with Gasteiger partial charge in [0, 0.05) is 24.2 Å². The van der Waals surface area contributed by atoms with E-state index in [9.17, 15) is 19.8 Å². The van der Waals surface area contributed by atoms with Gasteiger partial charge in [-0.15, -0.1) is 6.42 Å². The highest BCUT2D eigenvalue weighted by atomic mass is 16.8. The maximum Gasteiger partial charge on any atom is 0.311 e. The minimum atomic E-state index is -1.17. The van der Waals surface area contributed by atoms with Crippen molar-refractivity contribution < 1.29 is 48.2 Å². The smallest absolute Gasteiger partial charge is 0.311 e. The van der Waals surface area contributed by atoms with Crippen molar-refractivity contribution >= 4 is 11.8 Å². The number of terminal acetylenes is 1. The van der Waals surface area contributed by atoms with Gasteiger partial charge < -0.3 is 38.6 Å². The molecule has 1 saturated carbocycles. The Morgan fingerprint density at radius 1 is 1.00 bits per heavy atom. The van der Waals surface area contributed by atoms with E-state index in [0.29, 0.717) is 51.5 Å². The van der Waals surface area contributed by atoms with Crippen LogP contribution in [0.2, 0.25) is 0 Å². The number of hydrogen-bond acceptors (Lipinski definition) is 11. The van der Waals surface area contributed by atoms with Crippen LogP contribution in [0.3, 0.4) is 0 Å². The highest BCUT2D eigenvalue weighted by molar-refractivity contribution is 5.91. The minimum absolute atomic E-state index is 0.0188. The summed E-state index contributed by atoms with van der Waals surface area (Å²) in [5.41, 5.74) is -2.33. The number of hydrogen-bond donors (Lipinski definition) is 3. The van der Waals surface area contributed by atoms with E-state index in [2.05, 4.69) is 51.9 Å². The van der Waals surface area contributed by atoms with Crippen LogP contribution in [0.4, 0.5) is 0 Å². The zero-order valence-corrected chi connectivity index (χ0v) is 37.3. The number of esters is 1. The number of aliphatic hydroxyl groups is 2. The van der Waals surface area contributed by atoms with Gasteiger partial charge in [-0.1, -0.05) is 67.4 Å². The Hall–Kier alpha value is -1.88. The van der Waals surface area contributed by atoms with Crippen LogP contribution in [-0.4, -0.2) is 101 Å². The number of carbonyl (C=O) groups excluding carboxylic acids is 2. The molecule has 2 spiro atoms. The van der Waals surface area contributed by atoms with Crippen molar-refractivity contribution in [3.63, 3.8) is 0 Å². The highest BCUT2D eigenvalue weighted by Crippen LogP contribution is 2.63. The Morgan fingerprint density at radius 3 is 2.31 bits per heavy atom. The Morgan fingerprint density at radius 2 is 1.71 bits per heavy atom. The van der Waals surface area contributed by atoms with E-state index < -0.39 is 46.3 Å². The van der Waals surface area contributed by atoms with Crippen LogP contribution in [0.1, 0.15) is 133 Å². The van der Waals surface area contributed by atoms with Crippen molar-refractivity contribution in [2.75, 3.05) is 13.7 Å². The van der Waals surface area contributed by atoms with Crippen LogP contribution >= 0.6 is 0 Å². The maximum absolute atomic E-state index is 15.0. The molecule has 1 aliphatic carbocycles. The normalized spacial score (nSPS) is 47.2. The summed E-state index contributed by atoms with van der Waals surface area (Å²) in [6.07, 6.45) is 14.1. The molecule has 4 saturated heterocycles. The quantitative estimate of drug-likeness (QED) is 0.107. The number of methoxy groups -OCH3 is 1. The van der Waals surface area contributed by atoms with Gasteiger partial charge in [-0.2, -0.15) is 0 Å². The molecule has 58 heavy (non-hydrogen) atoms. The van der Waals surface area contributed by atoms with E-state index in [1.165, 1.54) is 7.11 Å². The lowest BCUT2D eigenvalue weighted by molar-refractivity contribution is -0.399. The van der Waals surface area contributed by atoms with E-state index in [4.69, 9.17) is 34.8 Å². The average molecular weight is 814 g/mol. The van der Waals surface area contributed by atoms with Crippen molar-refractivity contribution in [3.05, 3.63) is 12.2 Å². The summed E-state index contributed by atoms with van der Waals surface area (Å²) in [5.74, 6) is -0.989. The first-order valence-electron chi connectivity index (χ1n) is 22.6. The molecule has 5 fully saturated rings. The average Bonchev–Trinajstić information content (AvgIpc) is 3.77. The minimum Gasteiger partial charge on any atom is -0.469 e. The molecule has 4 unspecified atom stereocenters. The third-order valence-corrected chi connectivity index (χ3v) is 16.1. The van der Waals surface area contributed by atoms with Gasteiger partial charge in [-0.3, -0.25) is 14.9 Å². The van der Waals surface area contributed by atoms with Gasteiger partial charge in [0.25, 0.3) is 0 Å². The molecule has 11 heteroatoms. The number of Topliss-reactive ketones (excluding diaryl/α,β-unsaturated/α-hetero) is 1. The zero-order valence-electron chi connectivity index (χ0n) is 37.3. The number of carbonyl (C=O) groups is 2. The van der Waals surface area contributed by atoms with E-state index in [1.807, 2.05) is 40.7 Å². The van der Waals surface area contributed by atoms with Crippen LogP contribution in [0, 0.1) is 59.2 Å². The summed E-state index contributed by atoms with van der Waals surface area (Å²) in [7, 11) is 1.41. The number of ketones is 1. The standard InChI is InChI=1S/C47H75NO10/c1-13-24-48-36-18-21-46(58-47(36)23-22-43(11,57-47)37-19-20-44(52,15-3)33(10)54-37)29(6)25-28(5)41(56-46)45(26-30(45)7)40(50)32(9)38(49)31(8)39-27(4)16-17-35(55-39)34(14-2)42(51)53-12/h1,18,21,27-39,41,48-49,52H,14-17,19-20,22-26H2,2-12H3/t27-,28-,29+,30?,31-,32-,33-,34?,35+,36+,37+,38-,39?,41-,43-,44+,45?,46-,47-/m0/s1. The van der Waals surface area contributed by atoms with Crippen LogP contribution < -0.4 is 5.32 Å². The van der Waals surface area contributed by atoms with Crippen LogP contribution in [-0.2, 0) is 38.0 Å². The third kappa shape index (κ3) is 7.89. The molecule has 6 aliphatic rings. The van der Waals surface area contributed by atoms with Gasteiger partial charge in [0.05, 0.1) is 78.9 Å². The van der Waals surface area contributed by atoms with Crippen molar-refractivity contribution in [1.29, 1.82) is 0 Å². The van der Waals surface area contributed by atoms with Crippen molar-refractivity contribution in [2.24, 2.45) is 46.8 Å². The SMILES string of the molecule is C#CCN[C@@H]1C=C[C@]2(O[C@H](C3(C(=O)[C@@H](C)[C@@H](O)[C@H](C)C4O[C@@H](C(CC)C(=O)OC)CC[C@@H]4C)CC3C)[C@@H](C)C[C@H]2C)O[C@@]12CC[C@@](C)([C@H]1CC[C@](O)(CC)[C@H](C)O1)O2. The second-order valence-corrected chi connectivity index (χ2v) is 19.8. The van der Waals surface area contributed by atoms with Crippen molar-refractivity contribution in [1.82, 2.24) is 5.32 Å². The first-order valence-corrected chi connectivity index (χ1v) is 22.6. The summed E-state index contributed by atoms with van der Waals surface area (Å²) in [4.78, 5) is 27.6. The number of aliphatic hydroxyl groups excluding tert-OH is 1. The van der Waals surface area contributed by atoms with E-state index in [1.54, 1.807) is 0 Å². The van der Waals surface area contributed by atoms with Gasteiger partial charge in [0.2, 0.25) is 0 Å². The van der Waals surface area contributed by atoms with E-state index in [-0.39, 0.29) is 77.7 Å². The molecule has 0 aromatic rings. The zero-order chi connectivity index (χ0) is 42.6. The fraction of sp³-hybridized carbons (Fsp3) is 0.872. The van der Waals surface area contributed by atoms with Gasteiger partial charge >= 0.3 is 5.97 Å². The van der Waals surface area contributed by atoms with Crippen molar-refractivity contribution in [2.45, 2.75) is 199 Å². The second-order valence-electron chi connectivity index (χ2n) is 19.8. The molecule has 11 nitrogen and oxygen atoms in total. The lowest BCUT2D eigenvalue weighted by atomic mass is 9.71. The number of rotatable bonds is 13. The van der Waals surface area contributed by atoms with Gasteiger partial charge in [0.15, 0.2) is 11.6 Å². The summed E-state index contributed by atoms with van der Waals surface area (Å²) in [6, 6.07) is -0.352. The molecule has 0 amide bonds. The molecule has 0 bridgehead atoms. The van der Waals surface area contributed by atoms with Gasteiger partial charge in [0.1, 0.15) is 5.78 Å². The topological polar surface area (TPSA) is 142 Å². The first-order chi connectivity index (χ1) is 27.3. The molecule has 19 atom stereocenters. The second kappa shape index (κ2) is 17.1. The molecule has 5 heterocycles. The Labute approximate surface area is 348 Å². The largest absolute Gasteiger partial charge is 0.469 e. The molecule has 5 aliphatic heterocycles. The molecular weight excluding hydrogens is 739 g/mol. The summed E-state index contributed by atoms with van der Waals surface area (Å²) < 4.78 is 40.0. The van der Waals surface area contributed by atoms with Crippen LogP contribution in [0.25, 0.3) is 0 Å². The monoisotopic (exact) mass is 814 g/mol. The van der Waals surface area contributed by atoms with Crippen molar-refractivity contribution in [3.8, 4) is 12.3 Å². The predicted octanol–water partition coefficient (Wildman–Crippen LogP) is 6.51.